The Balaban J connectivity index is 2.65. The summed E-state index contributed by atoms with van der Waals surface area (Å²) in [5, 5.41) is 9.44. The number of hydrogen-bond acceptors (Lipinski definition) is 2. The molecule has 0 bridgehead atoms. The van der Waals surface area contributed by atoms with Crippen LogP contribution in [0.25, 0.3) is 0 Å². The normalized spacial score (nSPS) is 20.5. The van der Waals surface area contributed by atoms with Gasteiger partial charge in [-0.2, -0.15) is 13.2 Å². The van der Waals surface area contributed by atoms with Crippen molar-refractivity contribution in [3.05, 3.63) is 0 Å². The molecule has 0 aliphatic heterocycles. The standard InChI is InChI=1S/C12H22F3NO/c1-10(2)16(8-12(13,14)15)7-11(9-17)5-3-4-6-11/h10,17H,3-9H2,1-2H3. The van der Waals surface area contributed by atoms with Gasteiger partial charge in [0, 0.05) is 24.6 Å². The Kier molecular flexibility index (Phi) is 4.84. The lowest BCUT2D eigenvalue weighted by Gasteiger charge is -2.36. The zero-order valence-electron chi connectivity index (χ0n) is 10.6. The van der Waals surface area contributed by atoms with Gasteiger partial charge in [-0.1, -0.05) is 12.8 Å². The van der Waals surface area contributed by atoms with Crippen molar-refractivity contribution in [2.45, 2.75) is 51.7 Å². The Morgan fingerprint density at radius 2 is 1.76 bits per heavy atom. The van der Waals surface area contributed by atoms with E-state index in [4.69, 9.17) is 0 Å². The van der Waals surface area contributed by atoms with Gasteiger partial charge in [0.2, 0.25) is 0 Å². The minimum atomic E-state index is -4.17. The largest absolute Gasteiger partial charge is 0.401 e. The molecule has 1 saturated carbocycles. The van der Waals surface area contributed by atoms with Crippen LogP contribution in [-0.2, 0) is 0 Å². The van der Waals surface area contributed by atoms with Crippen molar-refractivity contribution in [3.63, 3.8) is 0 Å². The van der Waals surface area contributed by atoms with Gasteiger partial charge in [-0.25, -0.2) is 0 Å². The van der Waals surface area contributed by atoms with E-state index >= 15 is 0 Å². The highest BCUT2D eigenvalue weighted by atomic mass is 19.4. The van der Waals surface area contributed by atoms with Crippen molar-refractivity contribution in [1.29, 1.82) is 0 Å². The Labute approximate surface area is 101 Å². The summed E-state index contributed by atoms with van der Waals surface area (Å²) in [6.07, 6.45) is -0.467. The van der Waals surface area contributed by atoms with Gasteiger partial charge in [0.1, 0.15) is 0 Å². The van der Waals surface area contributed by atoms with Crippen LogP contribution >= 0.6 is 0 Å². The lowest BCUT2D eigenvalue weighted by Crippen LogP contribution is -2.46. The Morgan fingerprint density at radius 3 is 2.12 bits per heavy atom. The first-order chi connectivity index (χ1) is 7.78. The van der Waals surface area contributed by atoms with Crippen LogP contribution in [0.4, 0.5) is 13.2 Å². The highest BCUT2D eigenvalue weighted by Gasteiger charge is 2.39. The van der Waals surface area contributed by atoms with E-state index < -0.39 is 12.7 Å². The molecule has 1 fully saturated rings. The molecule has 0 heterocycles. The van der Waals surface area contributed by atoms with Crippen molar-refractivity contribution in [2.75, 3.05) is 19.7 Å². The molecule has 1 aliphatic carbocycles. The minimum absolute atomic E-state index is 0.00588. The highest BCUT2D eigenvalue weighted by molar-refractivity contribution is 4.88. The molecule has 0 unspecified atom stereocenters. The number of aliphatic hydroxyl groups is 1. The molecule has 0 aromatic carbocycles. The average Bonchev–Trinajstić information content (AvgIpc) is 2.64. The Morgan fingerprint density at radius 1 is 1.24 bits per heavy atom. The molecule has 0 amide bonds. The molecule has 102 valence electrons. The van der Waals surface area contributed by atoms with Crippen molar-refractivity contribution in [2.24, 2.45) is 5.41 Å². The summed E-state index contributed by atoms with van der Waals surface area (Å²) in [5.41, 5.74) is -0.310. The van der Waals surface area contributed by atoms with Crippen LogP contribution in [0.5, 0.6) is 0 Å². The fourth-order valence-corrected chi connectivity index (χ4v) is 2.57. The van der Waals surface area contributed by atoms with Crippen LogP contribution in [0, 0.1) is 5.41 Å². The molecule has 2 nitrogen and oxygen atoms in total. The van der Waals surface area contributed by atoms with Gasteiger partial charge in [-0.05, 0) is 26.7 Å². The maximum atomic E-state index is 12.5. The molecule has 5 heteroatoms. The van der Waals surface area contributed by atoms with Gasteiger partial charge in [0.15, 0.2) is 0 Å². The Hall–Kier alpha value is -0.290. The number of rotatable bonds is 5. The van der Waals surface area contributed by atoms with Crippen LogP contribution < -0.4 is 0 Å². The number of nitrogens with zero attached hydrogens (tertiary/aromatic N) is 1. The lowest BCUT2D eigenvalue weighted by atomic mass is 9.86. The van der Waals surface area contributed by atoms with Crippen molar-refractivity contribution >= 4 is 0 Å². The van der Waals surface area contributed by atoms with Gasteiger partial charge in [-0.3, -0.25) is 4.90 Å². The molecule has 0 atom stereocenters. The van der Waals surface area contributed by atoms with E-state index in [1.807, 2.05) is 0 Å². The second kappa shape index (κ2) is 5.57. The van der Waals surface area contributed by atoms with Gasteiger partial charge in [-0.15, -0.1) is 0 Å². The smallest absolute Gasteiger partial charge is 0.396 e. The molecule has 1 N–H and O–H groups in total. The van der Waals surface area contributed by atoms with E-state index in [-0.39, 0.29) is 18.1 Å². The number of hydrogen-bond donors (Lipinski definition) is 1. The van der Waals surface area contributed by atoms with E-state index in [2.05, 4.69) is 0 Å². The lowest BCUT2D eigenvalue weighted by molar-refractivity contribution is -0.154. The van der Waals surface area contributed by atoms with E-state index in [1.54, 1.807) is 13.8 Å². The van der Waals surface area contributed by atoms with Gasteiger partial charge < -0.3 is 5.11 Å². The number of halogens is 3. The molecule has 0 radical (unpaired) electrons. The van der Waals surface area contributed by atoms with Gasteiger partial charge >= 0.3 is 6.18 Å². The first kappa shape index (κ1) is 14.8. The average molecular weight is 253 g/mol. The predicted octanol–water partition coefficient (Wildman–Crippen LogP) is 2.81. The molecule has 0 saturated heterocycles. The monoisotopic (exact) mass is 253 g/mol. The fourth-order valence-electron chi connectivity index (χ4n) is 2.57. The van der Waals surface area contributed by atoms with Crippen LogP contribution in [0.3, 0.4) is 0 Å². The SMILES string of the molecule is CC(C)N(CC(F)(F)F)CC1(CO)CCCC1. The summed E-state index contributed by atoms with van der Waals surface area (Å²) in [6.45, 7) is 3.00. The summed E-state index contributed by atoms with van der Waals surface area (Å²) in [7, 11) is 0. The molecule has 0 aromatic rings. The quantitative estimate of drug-likeness (QED) is 0.814. The number of alkyl halides is 3. The Bertz CT molecular complexity index is 234. The highest BCUT2D eigenvalue weighted by Crippen LogP contribution is 2.39. The third kappa shape index (κ3) is 4.47. The topological polar surface area (TPSA) is 23.5 Å². The van der Waals surface area contributed by atoms with Gasteiger partial charge in [0.25, 0.3) is 0 Å². The maximum Gasteiger partial charge on any atom is 0.401 e. The van der Waals surface area contributed by atoms with Crippen LogP contribution in [0.15, 0.2) is 0 Å². The zero-order valence-corrected chi connectivity index (χ0v) is 10.6. The zero-order chi connectivity index (χ0) is 13.1. The summed E-state index contributed by atoms with van der Waals surface area (Å²) in [4.78, 5) is 1.43. The van der Waals surface area contributed by atoms with Gasteiger partial charge in [0.05, 0.1) is 6.54 Å². The van der Waals surface area contributed by atoms with Crippen LogP contribution in [0.1, 0.15) is 39.5 Å². The van der Waals surface area contributed by atoms with Crippen molar-refractivity contribution in [3.8, 4) is 0 Å². The van der Waals surface area contributed by atoms with E-state index in [1.165, 1.54) is 4.90 Å². The molecular weight excluding hydrogens is 231 g/mol. The first-order valence-corrected chi connectivity index (χ1v) is 6.20. The maximum absolute atomic E-state index is 12.5. The number of aliphatic hydroxyl groups excluding tert-OH is 1. The summed E-state index contributed by atoms with van der Waals surface area (Å²) in [6, 6.07) is -0.152. The second-order valence-electron chi connectivity index (χ2n) is 5.48. The second-order valence-corrected chi connectivity index (χ2v) is 5.48. The first-order valence-electron chi connectivity index (χ1n) is 6.20. The molecular formula is C12H22F3NO. The summed E-state index contributed by atoms with van der Waals surface area (Å²) in [5.74, 6) is 0. The van der Waals surface area contributed by atoms with E-state index in [9.17, 15) is 18.3 Å². The van der Waals surface area contributed by atoms with Crippen LogP contribution in [0.2, 0.25) is 0 Å². The summed E-state index contributed by atoms with van der Waals surface area (Å²) >= 11 is 0. The summed E-state index contributed by atoms with van der Waals surface area (Å²) < 4.78 is 37.4. The predicted molar refractivity (Wildman–Crippen MR) is 60.8 cm³/mol. The fraction of sp³-hybridized carbons (Fsp3) is 1.00. The van der Waals surface area contributed by atoms with E-state index in [0.29, 0.717) is 6.54 Å². The van der Waals surface area contributed by atoms with E-state index in [0.717, 1.165) is 25.7 Å². The molecule has 0 spiro atoms. The molecule has 1 aliphatic rings. The van der Waals surface area contributed by atoms with Crippen LogP contribution in [-0.4, -0.2) is 41.9 Å². The third-order valence-corrected chi connectivity index (χ3v) is 3.65. The van der Waals surface area contributed by atoms with Crippen molar-refractivity contribution in [1.82, 2.24) is 4.90 Å². The van der Waals surface area contributed by atoms with Crippen molar-refractivity contribution < 1.29 is 18.3 Å². The molecule has 1 rings (SSSR count). The molecule has 0 aromatic heterocycles. The third-order valence-electron chi connectivity index (χ3n) is 3.65. The molecule has 17 heavy (non-hydrogen) atoms. The minimum Gasteiger partial charge on any atom is -0.396 e.